The molecule has 4 rings (SSSR count). The second kappa shape index (κ2) is 8.25. The largest absolute Gasteiger partial charge is 0.279 e. The summed E-state index contributed by atoms with van der Waals surface area (Å²) in [6.07, 6.45) is 1.52. The lowest BCUT2D eigenvalue weighted by atomic mass is 10.1. The highest BCUT2D eigenvalue weighted by molar-refractivity contribution is 7.93. The first kappa shape index (κ1) is 21.8. The first-order chi connectivity index (χ1) is 15.2. The molecule has 0 fully saturated rings. The van der Waals surface area contributed by atoms with Crippen LogP contribution in [0.3, 0.4) is 0 Å². The van der Waals surface area contributed by atoms with Crippen molar-refractivity contribution in [2.24, 2.45) is 0 Å². The zero-order chi connectivity index (χ0) is 22.9. The van der Waals surface area contributed by atoms with Crippen LogP contribution in [0, 0.1) is 13.8 Å². The van der Waals surface area contributed by atoms with Crippen LogP contribution >= 0.6 is 0 Å². The summed E-state index contributed by atoms with van der Waals surface area (Å²) >= 11 is 0. The summed E-state index contributed by atoms with van der Waals surface area (Å²) < 4.78 is 56.5. The van der Waals surface area contributed by atoms with Gasteiger partial charge in [0.15, 0.2) is 0 Å². The third kappa shape index (κ3) is 4.44. The molecule has 0 amide bonds. The number of hydrogen-bond acceptors (Lipinski definition) is 5. The highest BCUT2D eigenvalue weighted by atomic mass is 32.2. The number of fused-ring (bicyclic) bond motifs is 1. The van der Waals surface area contributed by atoms with Gasteiger partial charge in [-0.05, 0) is 62.4 Å². The van der Waals surface area contributed by atoms with Crippen molar-refractivity contribution in [2.45, 2.75) is 23.6 Å². The maximum absolute atomic E-state index is 12.8. The number of hydrogen-bond donors (Lipinski definition) is 2. The van der Waals surface area contributed by atoms with Gasteiger partial charge in [-0.2, -0.15) is 0 Å². The van der Waals surface area contributed by atoms with Crippen LogP contribution < -0.4 is 9.44 Å². The molecule has 32 heavy (non-hydrogen) atoms. The molecule has 0 saturated carbocycles. The maximum Gasteiger partial charge on any atom is 0.261 e. The molecule has 0 saturated heterocycles. The van der Waals surface area contributed by atoms with Crippen LogP contribution in [0.25, 0.3) is 10.9 Å². The highest BCUT2D eigenvalue weighted by Gasteiger charge is 2.19. The highest BCUT2D eigenvalue weighted by Crippen LogP contribution is 2.31. The van der Waals surface area contributed by atoms with Crippen LogP contribution in [0.15, 0.2) is 88.8 Å². The van der Waals surface area contributed by atoms with E-state index >= 15 is 0 Å². The molecule has 0 bridgehead atoms. The van der Waals surface area contributed by atoms with E-state index in [1.807, 2.05) is 13.8 Å². The first-order valence-corrected chi connectivity index (χ1v) is 12.7. The quantitative estimate of drug-likeness (QED) is 0.436. The number of nitrogens with zero attached hydrogens (tertiary/aromatic N) is 1. The fraction of sp³-hybridized carbons (Fsp3) is 0.0870. The van der Waals surface area contributed by atoms with Crippen molar-refractivity contribution in [3.8, 4) is 0 Å². The minimum Gasteiger partial charge on any atom is -0.279 e. The molecule has 164 valence electrons. The summed E-state index contributed by atoms with van der Waals surface area (Å²) in [7, 11) is -7.68. The van der Waals surface area contributed by atoms with E-state index < -0.39 is 20.0 Å². The molecule has 0 aliphatic heterocycles. The standard InChI is InChI=1S/C23H21N3O4S2/c1-16-5-9-18(10-6-16)31(27,28)25-21-13-14-22(23-20(21)4-3-15-24-23)26-32(29,30)19-11-7-17(2)8-12-19/h3-15,25-26H,1-2H3. The van der Waals surface area contributed by atoms with E-state index in [0.717, 1.165) is 11.1 Å². The number of aromatic nitrogens is 1. The Balaban J connectivity index is 1.72. The Morgan fingerprint density at radius 1 is 0.625 bits per heavy atom. The van der Waals surface area contributed by atoms with Gasteiger partial charge in [-0.15, -0.1) is 0 Å². The van der Waals surface area contributed by atoms with Crippen molar-refractivity contribution in [2.75, 3.05) is 9.44 Å². The van der Waals surface area contributed by atoms with Crippen LogP contribution in [0.5, 0.6) is 0 Å². The lowest BCUT2D eigenvalue weighted by Crippen LogP contribution is -2.15. The number of benzene rings is 3. The lowest BCUT2D eigenvalue weighted by molar-refractivity contribution is 0.599. The molecule has 4 aromatic rings. The molecule has 3 aromatic carbocycles. The van der Waals surface area contributed by atoms with Gasteiger partial charge in [0.2, 0.25) is 0 Å². The first-order valence-electron chi connectivity index (χ1n) is 9.72. The Hall–Kier alpha value is -3.43. The van der Waals surface area contributed by atoms with Gasteiger partial charge in [0.25, 0.3) is 20.0 Å². The van der Waals surface area contributed by atoms with E-state index in [2.05, 4.69) is 14.4 Å². The fourth-order valence-electron chi connectivity index (χ4n) is 3.19. The maximum atomic E-state index is 12.8. The van der Waals surface area contributed by atoms with Gasteiger partial charge >= 0.3 is 0 Å². The van der Waals surface area contributed by atoms with E-state index in [1.165, 1.54) is 42.6 Å². The molecule has 0 unspecified atom stereocenters. The molecule has 0 radical (unpaired) electrons. The van der Waals surface area contributed by atoms with Crippen LogP contribution in [0.2, 0.25) is 0 Å². The summed E-state index contributed by atoms with van der Waals surface area (Å²) in [4.78, 5) is 4.54. The van der Waals surface area contributed by atoms with E-state index in [4.69, 9.17) is 0 Å². The van der Waals surface area contributed by atoms with Crippen LogP contribution in [-0.2, 0) is 20.0 Å². The molecule has 1 aromatic heterocycles. The summed E-state index contributed by atoms with van der Waals surface area (Å²) in [6.45, 7) is 3.75. The predicted octanol–water partition coefficient (Wildman–Crippen LogP) is 4.45. The molecule has 2 N–H and O–H groups in total. The summed E-state index contributed by atoms with van der Waals surface area (Å²) in [5.74, 6) is 0. The Kier molecular flexibility index (Phi) is 5.62. The molecule has 9 heteroatoms. The monoisotopic (exact) mass is 467 g/mol. The number of sulfonamides is 2. The Bertz CT molecular complexity index is 1380. The van der Waals surface area contributed by atoms with Crippen LogP contribution in [-0.4, -0.2) is 21.8 Å². The molecule has 1 heterocycles. The van der Waals surface area contributed by atoms with Crippen LogP contribution in [0.1, 0.15) is 11.1 Å². The number of nitrogens with one attached hydrogen (secondary N) is 2. The molecular weight excluding hydrogens is 446 g/mol. The normalized spacial score (nSPS) is 11.9. The van der Waals surface area contributed by atoms with Crippen molar-refractivity contribution in [3.05, 3.63) is 90.1 Å². The van der Waals surface area contributed by atoms with Gasteiger partial charge in [0, 0.05) is 11.6 Å². The molecule has 0 spiro atoms. The van der Waals surface area contributed by atoms with Gasteiger partial charge < -0.3 is 0 Å². The molecular formula is C23H21N3O4S2. The van der Waals surface area contributed by atoms with Gasteiger partial charge in [-0.1, -0.05) is 35.4 Å². The number of anilines is 2. The number of rotatable bonds is 6. The molecule has 0 aliphatic carbocycles. The summed E-state index contributed by atoms with van der Waals surface area (Å²) in [6, 6.07) is 19.3. The molecule has 0 aliphatic rings. The van der Waals surface area contributed by atoms with Gasteiger partial charge in [0.05, 0.1) is 26.7 Å². The minimum atomic E-state index is -3.85. The zero-order valence-electron chi connectivity index (χ0n) is 17.4. The lowest BCUT2D eigenvalue weighted by Gasteiger charge is -2.14. The van der Waals surface area contributed by atoms with Crippen molar-refractivity contribution in [1.29, 1.82) is 0 Å². The Morgan fingerprint density at radius 2 is 1.09 bits per heavy atom. The van der Waals surface area contributed by atoms with E-state index in [-0.39, 0.29) is 15.5 Å². The molecule has 7 nitrogen and oxygen atoms in total. The predicted molar refractivity (Wildman–Crippen MR) is 126 cm³/mol. The van der Waals surface area contributed by atoms with Crippen LogP contribution in [0.4, 0.5) is 11.4 Å². The van der Waals surface area contributed by atoms with E-state index in [1.54, 1.807) is 36.4 Å². The second-order valence-electron chi connectivity index (χ2n) is 7.40. The molecule has 0 atom stereocenters. The van der Waals surface area contributed by atoms with Crippen molar-refractivity contribution >= 4 is 42.3 Å². The SMILES string of the molecule is Cc1ccc(S(=O)(=O)Nc2ccc(NS(=O)(=O)c3ccc(C)cc3)c3ncccc23)cc1. The zero-order valence-corrected chi connectivity index (χ0v) is 19.0. The van der Waals surface area contributed by atoms with E-state index in [9.17, 15) is 16.8 Å². The minimum absolute atomic E-state index is 0.122. The number of pyridine rings is 1. The van der Waals surface area contributed by atoms with E-state index in [0.29, 0.717) is 16.6 Å². The summed E-state index contributed by atoms with van der Waals surface area (Å²) in [5.41, 5.74) is 2.77. The van der Waals surface area contributed by atoms with Crippen molar-refractivity contribution in [1.82, 2.24) is 4.98 Å². The second-order valence-corrected chi connectivity index (χ2v) is 10.8. The Labute approximate surface area is 187 Å². The van der Waals surface area contributed by atoms with Crippen molar-refractivity contribution in [3.63, 3.8) is 0 Å². The van der Waals surface area contributed by atoms with Gasteiger partial charge in [-0.3, -0.25) is 14.4 Å². The fourth-order valence-corrected chi connectivity index (χ4v) is 5.33. The third-order valence-corrected chi connectivity index (χ3v) is 7.68. The van der Waals surface area contributed by atoms with Crippen molar-refractivity contribution < 1.29 is 16.8 Å². The smallest absolute Gasteiger partial charge is 0.261 e. The third-order valence-electron chi connectivity index (χ3n) is 4.92. The summed E-state index contributed by atoms with van der Waals surface area (Å²) in [5, 5.41) is 0.465. The van der Waals surface area contributed by atoms with Gasteiger partial charge in [0.1, 0.15) is 0 Å². The Morgan fingerprint density at radius 3 is 1.62 bits per heavy atom. The number of aryl methyl sites for hydroxylation is 2. The average Bonchev–Trinajstić information content (AvgIpc) is 2.76. The topological polar surface area (TPSA) is 105 Å². The average molecular weight is 468 g/mol. The van der Waals surface area contributed by atoms with Gasteiger partial charge in [-0.25, -0.2) is 16.8 Å².